The van der Waals surface area contributed by atoms with Gasteiger partial charge < -0.3 is 5.32 Å². The van der Waals surface area contributed by atoms with E-state index in [0.29, 0.717) is 11.4 Å². The normalized spacial score (nSPS) is 13.2. The van der Waals surface area contributed by atoms with Crippen LogP contribution < -0.4 is 5.32 Å². The summed E-state index contributed by atoms with van der Waals surface area (Å²) in [5.41, 5.74) is 2.87. The smallest absolute Gasteiger partial charge is 0.228 e. The van der Waals surface area contributed by atoms with Crippen molar-refractivity contribution < 1.29 is 14.0 Å². The summed E-state index contributed by atoms with van der Waals surface area (Å²) < 4.78 is 13.2. The number of Topliss-reactive ketones (excluding diaryl/α,β-unsaturated/α-hetero) is 1. The Labute approximate surface area is 161 Å². The lowest BCUT2D eigenvalue weighted by Crippen LogP contribution is -2.15. The molecule has 28 heavy (non-hydrogen) atoms. The highest BCUT2D eigenvalue weighted by atomic mass is 19.1. The zero-order chi connectivity index (χ0) is 19.5. The van der Waals surface area contributed by atoms with Gasteiger partial charge in [0.15, 0.2) is 5.78 Å². The summed E-state index contributed by atoms with van der Waals surface area (Å²) in [7, 11) is 0. The first-order valence-corrected chi connectivity index (χ1v) is 9.09. The summed E-state index contributed by atoms with van der Waals surface area (Å²) >= 11 is 0. The summed E-state index contributed by atoms with van der Waals surface area (Å²) in [6.07, 6.45) is 6.74. The fraction of sp³-hybridized carbons (Fsp3) is 0.182. The van der Waals surface area contributed by atoms with E-state index in [1.54, 1.807) is 36.7 Å². The Bertz CT molecular complexity index is 1030. The van der Waals surface area contributed by atoms with Gasteiger partial charge in [0.2, 0.25) is 5.91 Å². The molecule has 5 nitrogen and oxygen atoms in total. The summed E-state index contributed by atoms with van der Waals surface area (Å²) in [5, 5.41) is 2.76. The maximum Gasteiger partial charge on any atom is 0.228 e. The number of carbonyl (C=O) groups is 2. The van der Waals surface area contributed by atoms with Gasteiger partial charge in [-0.05, 0) is 59.9 Å². The molecule has 1 fully saturated rings. The molecule has 6 heteroatoms. The SMILES string of the molecule is O=C(Cc1cnccc1-c1ccc(F)cc1)c1ccnc(NC(=O)C2CC2)c1. The highest BCUT2D eigenvalue weighted by Crippen LogP contribution is 2.30. The van der Waals surface area contributed by atoms with Crippen molar-refractivity contribution in [2.75, 3.05) is 5.32 Å². The van der Waals surface area contributed by atoms with Crippen LogP contribution in [-0.4, -0.2) is 21.7 Å². The van der Waals surface area contributed by atoms with E-state index >= 15 is 0 Å². The van der Waals surface area contributed by atoms with E-state index in [9.17, 15) is 14.0 Å². The van der Waals surface area contributed by atoms with Gasteiger partial charge in [0.05, 0.1) is 0 Å². The fourth-order valence-electron chi connectivity index (χ4n) is 3.00. The van der Waals surface area contributed by atoms with Crippen LogP contribution in [0.1, 0.15) is 28.8 Å². The van der Waals surface area contributed by atoms with E-state index in [0.717, 1.165) is 29.5 Å². The van der Waals surface area contributed by atoms with Crippen LogP contribution in [0.3, 0.4) is 0 Å². The number of aromatic nitrogens is 2. The number of pyridine rings is 2. The van der Waals surface area contributed by atoms with Crippen molar-refractivity contribution in [1.82, 2.24) is 9.97 Å². The van der Waals surface area contributed by atoms with E-state index in [-0.39, 0.29) is 29.8 Å². The van der Waals surface area contributed by atoms with Gasteiger partial charge in [-0.15, -0.1) is 0 Å². The number of rotatable bonds is 6. The van der Waals surface area contributed by atoms with Crippen molar-refractivity contribution in [2.45, 2.75) is 19.3 Å². The third-order valence-corrected chi connectivity index (χ3v) is 4.69. The third-order valence-electron chi connectivity index (χ3n) is 4.69. The molecule has 0 aliphatic heterocycles. The van der Waals surface area contributed by atoms with E-state index in [2.05, 4.69) is 15.3 Å². The summed E-state index contributed by atoms with van der Waals surface area (Å²) in [4.78, 5) is 33.0. The van der Waals surface area contributed by atoms with Crippen LogP contribution in [0.5, 0.6) is 0 Å². The quantitative estimate of drug-likeness (QED) is 0.660. The van der Waals surface area contributed by atoms with E-state index in [1.165, 1.54) is 18.3 Å². The Morgan fingerprint density at radius 2 is 1.86 bits per heavy atom. The highest BCUT2D eigenvalue weighted by Gasteiger charge is 2.29. The lowest BCUT2D eigenvalue weighted by Gasteiger charge is -2.10. The van der Waals surface area contributed by atoms with E-state index < -0.39 is 0 Å². The van der Waals surface area contributed by atoms with Gasteiger partial charge in [0, 0.05) is 36.5 Å². The Kier molecular flexibility index (Phi) is 4.93. The van der Waals surface area contributed by atoms with Gasteiger partial charge in [-0.25, -0.2) is 9.37 Å². The molecule has 1 aromatic carbocycles. The Balaban J connectivity index is 1.54. The molecule has 4 rings (SSSR count). The van der Waals surface area contributed by atoms with Gasteiger partial charge in [0.25, 0.3) is 0 Å². The molecule has 1 amide bonds. The summed E-state index contributed by atoms with van der Waals surface area (Å²) in [6, 6.07) is 11.2. The number of hydrogen-bond acceptors (Lipinski definition) is 4. The second-order valence-electron chi connectivity index (χ2n) is 6.83. The minimum Gasteiger partial charge on any atom is -0.310 e. The third kappa shape index (κ3) is 4.11. The molecule has 0 unspecified atom stereocenters. The summed E-state index contributed by atoms with van der Waals surface area (Å²) in [5.74, 6) is -0.0286. The number of hydrogen-bond donors (Lipinski definition) is 1. The second kappa shape index (κ2) is 7.68. The van der Waals surface area contributed by atoms with Crippen LogP contribution in [0.2, 0.25) is 0 Å². The van der Waals surface area contributed by atoms with Crippen molar-refractivity contribution in [3.63, 3.8) is 0 Å². The molecule has 1 aliphatic rings. The van der Waals surface area contributed by atoms with Crippen molar-refractivity contribution in [3.8, 4) is 11.1 Å². The van der Waals surface area contributed by atoms with Crippen molar-refractivity contribution in [3.05, 3.63) is 78.0 Å². The largest absolute Gasteiger partial charge is 0.310 e. The topological polar surface area (TPSA) is 72.0 Å². The fourth-order valence-corrected chi connectivity index (χ4v) is 3.00. The van der Waals surface area contributed by atoms with Crippen LogP contribution in [-0.2, 0) is 11.2 Å². The first kappa shape index (κ1) is 18.0. The first-order chi connectivity index (χ1) is 13.6. The van der Waals surface area contributed by atoms with E-state index in [1.807, 2.05) is 6.07 Å². The van der Waals surface area contributed by atoms with Crippen molar-refractivity contribution in [2.24, 2.45) is 5.92 Å². The molecule has 140 valence electrons. The van der Waals surface area contributed by atoms with Crippen LogP contribution in [0.4, 0.5) is 10.2 Å². The van der Waals surface area contributed by atoms with Crippen LogP contribution in [0.25, 0.3) is 11.1 Å². The molecule has 0 saturated heterocycles. The average molecular weight is 375 g/mol. The molecule has 2 aromatic heterocycles. The molecule has 1 aliphatic carbocycles. The number of anilines is 1. The predicted molar refractivity (Wildman–Crippen MR) is 103 cm³/mol. The van der Waals surface area contributed by atoms with Gasteiger partial charge in [-0.2, -0.15) is 0 Å². The van der Waals surface area contributed by atoms with Gasteiger partial charge >= 0.3 is 0 Å². The molecule has 0 spiro atoms. The number of amides is 1. The van der Waals surface area contributed by atoms with Crippen LogP contribution >= 0.6 is 0 Å². The standard InChI is InChI=1S/C22H18FN3O2/c23-18-5-3-14(4-6-18)19-8-9-24-13-17(19)11-20(27)16-7-10-25-21(12-16)26-22(28)15-1-2-15/h3-10,12-13,15H,1-2,11H2,(H,25,26,28). The second-order valence-corrected chi connectivity index (χ2v) is 6.83. The Morgan fingerprint density at radius 3 is 2.61 bits per heavy atom. The average Bonchev–Trinajstić information content (AvgIpc) is 3.55. The minimum atomic E-state index is -0.312. The molecule has 1 N–H and O–H groups in total. The first-order valence-electron chi connectivity index (χ1n) is 9.09. The number of halogens is 1. The molecular weight excluding hydrogens is 357 g/mol. The van der Waals surface area contributed by atoms with Gasteiger partial charge in [0.1, 0.15) is 11.6 Å². The van der Waals surface area contributed by atoms with Gasteiger partial charge in [-0.1, -0.05) is 12.1 Å². The predicted octanol–water partition coefficient (Wildman–Crippen LogP) is 4.06. The monoisotopic (exact) mass is 375 g/mol. The van der Waals surface area contributed by atoms with E-state index in [4.69, 9.17) is 0 Å². The van der Waals surface area contributed by atoms with Crippen LogP contribution in [0, 0.1) is 11.7 Å². The Hall–Kier alpha value is -3.41. The van der Waals surface area contributed by atoms with Crippen molar-refractivity contribution in [1.29, 1.82) is 0 Å². The molecule has 2 heterocycles. The van der Waals surface area contributed by atoms with Gasteiger partial charge in [-0.3, -0.25) is 14.6 Å². The number of carbonyl (C=O) groups excluding carboxylic acids is 2. The number of ketones is 1. The zero-order valence-corrected chi connectivity index (χ0v) is 15.1. The Morgan fingerprint density at radius 1 is 1.07 bits per heavy atom. The molecule has 0 radical (unpaired) electrons. The lowest BCUT2D eigenvalue weighted by atomic mass is 9.96. The maximum absolute atomic E-state index is 13.2. The molecule has 1 saturated carbocycles. The highest BCUT2D eigenvalue weighted by molar-refractivity contribution is 6.00. The molecule has 0 atom stereocenters. The molecule has 0 bridgehead atoms. The maximum atomic E-state index is 13.2. The lowest BCUT2D eigenvalue weighted by molar-refractivity contribution is -0.117. The number of nitrogens with one attached hydrogen (secondary N) is 1. The number of nitrogens with zero attached hydrogens (tertiary/aromatic N) is 2. The van der Waals surface area contributed by atoms with Crippen molar-refractivity contribution >= 4 is 17.5 Å². The molecular formula is C22H18FN3O2. The number of benzene rings is 1. The zero-order valence-electron chi connectivity index (χ0n) is 15.1. The van der Waals surface area contributed by atoms with Crippen LogP contribution in [0.15, 0.2) is 61.1 Å². The summed E-state index contributed by atoms with van der Waals surface area (Å²) in [6.45, 7) is 0. The molecule has 3 aromatic rings. The minimum absolute atomic E-state index is 0.0528.